The molecular weight excluding hydrogens is 1230 g/mol. The molecule has 0 spiro atoms. The summed E-state index contributed by atoms with van der Waals surface area (Å²) in [7, 11) is 0. The van der Waals surface area contributed by atoms with Gasteiger partial charge in [-0.2, -0.15) is 0 Å². The van der Waals surface area contributed by atoms with E-state index in [4.69, 9.17) is 33.2 Å². The summed E-state index contributed by atoms with van der Waals surface area (Å²) in [6, 6.07) is 17.7. The minimum Gasteiger partial charge on any atom is -0.490 e. The molecule has 0 heterocycles. The summed E-state index contributed by atoms with van der Waals surface area (Å²) in [5.74, 6) is -2.37. The molecule has 1 unspecified atom stereocenters. The van der Waals surface area contributed by atoms with Gasteiger partial charge in [0.2, 0.25) is 0 Å². The molecule has 0 bridgehead atoms. The van der Waals surface area contributed by atoms with Crippen LogP contribution in [0.5, 0.6) is 5.75 Å². The highest BCUT2D eigenvalue weighted by Gasteiger charge is 2.37. The molecule has 2 aromatic carbocycles. The van der Waals surface area contributed by atoms with E-state index in [1.807, 2.05) is 18.2 Å². The van der Waals surface area contributed by atoms with Crippen LogP contribution in [-0.2, 0) is 52.4 Å². The molecule has 3 N–H and O–H groups in total. The Morgan fingerprint density at radius 1 is 0.494 bits per heavy atom. The molecule has 1 atom stereocenters. The smallest absolute Gasteiger partial charge is 0.407 e. The van der Waals surface area contributed by atoms with Crippen molar-refractivity contribution in [2.24, 2.45) is 5.41 Å². The maximum absolute atomic E-state index is 13.5. The SMILES string of the molecule is C=CC(=O)OCC(COC(=O)C=C)(COC(=O)C=C)COC(=O)CCCCCCCNC(=O)N(CCCCCCNC(=O)OC(CCCCCCCCCCCC)COc1ccc([I+]c2ccccc2)cc1)C(=O)NCCCCCCCC(=O)OCC. The number of rotatable bonds is 52. The number of nitrogens with one attached hydrogen (secondary N) is 3. The van der Waals surface area contributed by atoms with Crippen molar-refractivity contribution in [3.05, 3.63) is 99.7 Å². The van der Waals surface area contributed by atoms with E-state index in [9.17, 15) is 38.4 Å². The lowest BCUT2D eigenvalue weighted by Crippen LogP contribution is -3.61. The van der Waals surface area contributed by atoms with Gasteiger partial charge in [0.15, 0.2) is 7.14 Å². The quantitative estimate of drug-likeness (QED) is 0.0184. The first kappa shape index (κ1) is 76.6. The molecule has 0 aromatic heterocycles. The van der Waals surface area contributed by atoms with E-state index in [1.54, 1.807) is 6.92 Å². The van der Waals surface area contributed by atoms with Crippen molar-refractivity contribution < 1.29 is 92.7 Å². The zero-order chi connectivity index (χ0) is 63.4. The van der Waals surface area contributed by atoms with E-state index < -0.39 is 80.0 Å². The van der Waals surface area contributed by atoms with Crippen LogP contribution in [0.4, 0.5) is 14.4 Å². The van der Waals surface area contributed by atoms with Gasteiger partial charge in [-0.25, -0.2) is 33.7 Å². The predicted molar refractivity (Wildman–Crippen MR) is 331 cm³/mol. The van der Waals surface area contributed by atoms with Gasteiger partial charge in [-0.1, -0.05) is 154 Å². The second-order valence-electron chi connectivity index (χ2n) is 21.5. The molecule has 0 radical (unpaired) electrons. The number of alkyl carbamates (subject to hydrolysis) is 1. The monoisotopic (exact) mass is 1330 g/mol. The van der Waals surface area contributed by atoms with Gasteiger partial charge in [-0.05, 0) is 94.7 Å². The van der Waals surface area contributed by atoms with E-state index in [-0.39, 0.29) is 46.7 Å². The first-order valence-corrected chi connectivity index (χ1v) is 33.8. The van der Waals surface area contributed by atoms with Crippen LogP contribution >= 0.6 is 0 Å². The van der Waals surface area contributed by atoms with Gasteiger partial charge in [0.1, 0.15) is 50.3 Å². The molecule has 19 nitrogen and oxygen atoms in total. The molecule has 2 rings (SSSR count). The minimum absolute atomic E-state index is 0.0597. The highest BCUT2D eigenvalue weighted by molar-refractivity contribution is 5.93. The van der Waals surface area contributed by atoms with Crippen LogP contribution in [0.15, 0.2) is 92.6 Å². The van der Waals surface area contributed by atoms with Gasteiger partial charge in [-0.15, -0.1) is 0 Å². The van der Waals surface area contributed by atoms with Crippen LogP contribution < -0.4 is 41.9 Å². The van der Waals surface area contributed by atoms with Crippen molar-refractivity contribution in [3.8, 4) is 5.75 Å². The summed E-state index contributed by atoms with van der Waals surface area (Å²) in [6.07, 6.45) is 25.4. The number of imide groups is 1. The van der Waals surface area contributed by atoms with Gasteiger partial charge in [-0.3, -0.25) is 9.59 Å². The highest BCUT2D eigenvalue weighted by Crippen LogP contribution is 2.23. The van der Waals surface area contributed by atoms with Crippen molar-refractivity contribution in [2.45, 2.75) is 193 Å². The Balaban J connectivity index is 1.88. The van der Waals surface area contributed by atoms with Crippen molar-refractivity contribution >= 4 is 48.0 Å². The van der Waals surface area contributed by atoms with Gasteiger partial charge in [0, 0.05) is 57.2 Å². The Morgan fingerprint density at radius 2 is 0.920 bits per heavy atom. The van der Waals surface area contributed by atoms with Crippen LogP contribution in [0.25, 0.3) is 0 Å². The molecule has 0 aliphatic rings. The molecule has 0 saturated carbocycles. The predicted octanol–water partition coefficient (Wildman–Crippen LogP) is 9.84. The number of amides is 5. The Bertz CT molecular complexity index is 2220. The summed E-state index contributed by atoms with van der Waals surface area (Å²) in [5.41, 5.74) is -1.43. The Labute approximate surface area is 528 Å². The molecule has 20 heteroatoms. The van der Waals surface area contributed by atoms with Gasteiger partial charge in [0.05, 0.1) is 6.61 Å². The highest BCUT2D eigenvalue weighted by atomic mass is 127. The number of ether oxygens (including phenoxy) is 7. The van der Waals surface area contributed by atoms with E-state index in [0.29, 0.717) is 71.2 Å². The topological polar surface area (TPSA) is 240 Å². The van der Waals surface area contributed by atoms with Crippen LogP contribution in [0, 0.1) is 12.6 Å². The van der Waals surface area contributed by atoms with E-state index >= 15 is 0 Å². The van der Waals surface area contributed by atoms with Crippen LogP contribution in [0.1, 0.15) is 187 Å². The molecule has 0 aliphatic carbocycles. The van der Waals surface area contributed by atoms with Crippen LogP contribution in [0.3, 0.4) is 0 Å². The molecule has 0 fully saturated rings. The molecule has 87 heavy (non-hydrogen) atoms. The summed E-state index contributed by atoms with van der Waals surface area (Å²) in [4.78, 5) is 102. The maximum Gasteiger partial charge on any atom is 0.407 e. The number of unbranched alkanes of at least 4 members (excludes halogenated alkanes) is 20. The second kappa shape index (κ2) is 50.5. The lowest BCUT2D eigenvalue weighted by molar-refractivity contribution is -0.597. The molecule has 5 amide bonds. The number of benzene rings is 2. The Hall–Kier alpha value is -6.45. The summed E-state index contributed by atoms with van der Waals surface area (Å²) < 4.78 is 40.8. The van der Waals surface area contributed by atoms with Crippen LogP contribution in [-0.4, -0.2) is 125 Å². The number of nitrogens with zero attached hydrogens (tertiary/aromatic N) is 1. The zero-order valence-corrected chi connectivity index (χ0v) is 54.4. The first-order chi connectivity index (χ1) is 42.3. The fourth-order valence-corrected chi connectivity index (χ4v) is 11.1. The fourth-order valence-electron chi connectivity index (χ4n) is 8.92. The third kappa shape index (κ3) is 39.9. The number of urea groups is 2. The average Bonchev–Trinajstić information content (AvgIpc) is 3.53. The van der Waals surface area contributed by atoms with E-state index in [1.165, 1.54) is 57.0 Å². The number of halogens is 1. The summed E-state index contributed by atoms with van der Waals surface area (Å²) >= 11 is -0.289. The van der Waals surface area contributed by atoms with Gasteiger partial charge >= 0.3 is 69.2 Å². The standard InChI is InChI=1S/C67H101IN4O15/c1-6-11-12-13-14-15-16-17-20-30-39-58(50-82-57-44-42-56(43-45-57)68-55-37-28-27-29-38-55)87-66(80)71-48-35-25-26-36-49-72(64(78)69-46-33-23-18-21-31-40-62(76)81-10-5)65(79)70-47-34-24-19-22-32-41-63(77)86-54-67(51-83-59(73)7-2,52-84-60(74)8-3)53-85-61(75)9-4/h7-9,27-29,37-38,42-45,58H,2-4,6,10-26,30-36,39-41,46-54H2,1,5H3,(H2-,69,70,71,78,79,80)/p+1. The minimum atomic E-state index is -1.43. The Kier molecular flexibility index (Phi) is 44.5. The Morgan fingerprint density at radius 3 is 1.41 bits per heavy atom. The third-order valence-corrected chi connectivity index (χ3v) is 16.7. The third-order valence-electron chi connectivity index (χ3n) is 14.0. The number of hydrogen-bond donors (Lipinski definition) is 3. The van der Waals surface area contributed by atoms with Crippen molar-refractivity contribution in [1.29, 1.82) is 0 Å². The number of carbonyl (C=O) groups is 8. The average molecular weight is 1330 g/mol. The number of hydrogen-bond acceptors (Lipinski definition) is 15. The molecule has 2 aromatic rings. The normalized spacial score (nSPS) is 11.2. The molecule has 486 valence electrons. The largest absolute Gasteiger partial charge is 0.490 e. The van der Waals surface area contributed by atoms with Gasteiger partial charge < -0.3 is 49.1 Å². The van der Waals surface area contributed by atoms with Crippen molar-refractivity contribution in [2.75, 3.05) is 65.8 Å². The van der Waals surface area contributed by atoms with Crippen molar-refractivity contribution in [1.82, 2.24) is 20.9 Å². The lowest BCUT2D eigenvalue weighted by Gasteiger charge is -2.31. The molecular formula is C67H102IN4O15+. The van der Waals surface area contributed by atoms with Gasteiger partial charge in [0.25, 0.3) is 0 Å². The second-order valence-corrected chi connectivity index (χ2v) is 24.6. The summed E-state index contributed by atoms with van der Waals surface area (Å²) in [6.45, 7) is 14.4. The van der Waals surface area contributed by atoms with Crippen LogP contribution in [0.2, 0.25) is 0 Å². The molecule has 0 aliphatic heterocycles. The van der Waals surface area contributed by atoms with Crippen molar-refractivity contribution in [3.63, 3.8) is 0 Å². The number of carbonyl (C=O) groups excluding carboxylic acids is 8. The lowest BCUT2D eigenvalue weighted by atomic mass is 9.92. The maximum atomic E-state index is 13.5. The van der Waals surface area contributed by atoms with E-state index in [2.05, 4.69) is 79.0 Å². The fraction of sp³-hybridized carbons (Fsp3) is 0.612. The summed E-state index contributed by atoms with van der Waals surface area (Å²) in [5, 5.41) is 8.72. The number of esters is 5. The molecule has 0 saturated heterocycles. The zero-order valence-electron chi connectivity index (χ0n) is 52.2. The van der Waals surface area contributed by atoms with E-state index in [0.717, 1.165) is 101 Å². The first-order valence-electron chi connectivity index (χ1n) is 31.7.